The lowest BCUT2D eigenvalue weighted by Crippen LogP contribution is -2.41. The van der Waals surface area contributed by atoms with Gasteiger partial charge in [0.2, 0.25) is 0 Å². The minimum absolute atomic E-state index is 0.157. The van der Waals surface area contributed by atoms with Crippen molar-refractivity contribution in [2.75, 3.05) is 11.5 Å². The number of benzene rings is 1. The van der Waals surface area contributed by atoms with Crippen LogP contribution in [0.5, 0.6) is 0 Å². The first-order valence-corrected chi connectivity index (χ1v) is 9.35. The summed E-state index contributed by atoms with van der Waals surface area (Å²) in [6.45, 7) is 7.81. The number of halogens is 1. The fraction of sp³-hybridized carbons (Fsp3) is 0.600. The van der Waals surface area contributed by atoms with Crippen molar-refractivity contribution in [1.82, 2.24) is 0 Å². The molecule has 22 heavy (non-hydrogen) atoms. The van der Waals surface area contributed by atoms with Gasteiger partial charge in [0.25, 0.3) is 0 Å². The summed E-state index contributed by atoms with van der Waals surface area (Å²) >= 11 is 0. The van der Waals surface area contributed by atoms with Gasteiger partial charge < -0.3 is 9.31 Å². The Morgan fingerprint density at radius 3 is 2.23 bits per heavy atom. The summed E-state index contributed by atoms with van der Waals surface area (Å²) in [6.07, 6.45) is 0.899. The highest BCUT2D eigenvalue weighted by molar-refractivity contribution is 7.95. The third-order valence-corrected chi connectivity index (χ3v) is 7.07. The van der Waals surface area contributed by atoms with Crippen LogP contribution in [-0.2, 0) is 19.0 Å². The van der Waals surface area contributed by atoms with Crippen molar-refractivity contribution < 1.29 is 17.9 Å². The van der Waals surface area contributed by atoms with E-state index in [2.05, 4.69) is 4.36 Å². The Bertz CT molecular complexity index is 699. The first-order chi connectivity index (χ1) is 10.1. The van der Waals surface area contributed by atoms with Crippen LogP contribution in [0.15, 0.2) is 22.6 Å². The van der Waals surface area contributed by atoms with Crippen molar-refractivity contribution in [2.45, 2.75) is 45.3 Å². The van der Waals surface area contributed by atoms with E-state index in [1.54, 1.807) is 12.1 Å². The molecule has 0 bridgehead atoms. The Balaban J connectivity index is 1.88. The van der Waals surface area contributed by atoms with E-state index in [0.29, 0.717) is 17.0 Å². The van der Waals surface area contributed by atoms with Crippen LogP contribution in [0.25, 0.3) is 0 Å². The average molecular weight is 325 g/mol. The Morgan fingerprint density at radius 1 is 1.18 bits per heavy atom. The van der Waals surface area contributed by atoms with Crippen LogP contribution in [0.1, 0.15) is 34.1 Å². The van der Waals surface area contributed by atoms with Gasteiger partial charge in [0, 0.05) is 11.5 Å². The second kappa shape index (κ2) is 5.04. The molecular formula is C15H21BFNO3S. The van der Waals surface area contributed by atoms with Gasteiger partial charge in [0.1, 0.15) is 11.5 Å². The molecule has 0 spiro atoms. The first kappa shape index (κ1) is 16.0. The molecule has 2 aliphatic heterocycles. The van der Waals surface area contributed by atoms with Crippen molar-refractivity contribution >= 4 is 28.0 Å². The van der Waals surface area contributed by atoms with Crippen molar-refractivity contribution in [3.05, 3.63) is 24.0 Å². The van der Waals surface area contributed by atoms with Crippen LogP contribution in [0.4, 0.5) is 10.1 Å². The molecule has 7 heteroatoms. The summed E-state index contributed by atoms with van der Waals surface area (Å²) in [4.78, 5) is 0. The lowest BCUT2D eigenvalue weighted by molar-refractivity contribution is 0.00578. The van der Waals surface area contributed by atoms with Crippen molar-refractivity contribution in [2.24, 2.45) is 4.36 Å². The summed E-state index contributed by atoms with van der Waals surface area (Å²) in [5.74, 6) is 0.637. The molecule has 2 fully saturated rings. The van der Waals surface area contributed by atoms with Crippen LogP contribution >= 0.6 is 0 Å². The standard InChI is InChI=1S/C15H21BFNO3S/c1-14(2)15(3,4)21-16(20-14)11-6-7-13(12(17)10-11)18-22(19)8-5-9-22/h6-7,10H,5,8-9H2,1-4H3. The highest BCUT2D eigenvalue weighted by Gasteiger charge is 2.51. The molecule has 0 amide bonds. The highest BCUT2D eigenvalue weighted by Crippen LogP contribution is 2.36. The number of hydrogen-bond donors (Lipinski definition) is 0. The molecule has 0 unspecified atom stereocenters. The Kier molecular flexibility index (Phi) is 3.66. The molecule has 0 aliphatic carbocycles. The van der Waals surface area contributed by atoms with Crippen molar-refractivity contribution in [3.8, 4) is 0 Å². The molecule has 3 rings (SSSR count). The maximum absolute atomic E-state index is 14.2. The maximum Gasteiger partial charge on any atom is 0.494 e. The molecule has 0 atom stereocenters. The maximum atomic E-state index is 14.2. The van der Waals surface area contributed by atoms with Gasteiger partial charge in [-0.3, -0.25) is 0 Å². The number of hydrogen-bond acceptors (Lipinski definition) is 4. The van der Waals surface area contributed by atoms with Gasteiger partial charge in [-0.25, -0.2) is 8.60 Å². The van der Waals surface area contributed by atoms with E-state index in [1.165, 1.54) is 6.07 Å². The smallest absolute Gasteiger partial charge is 0.399 e. The fourth-order valence-corrected chi connectivity index (χ4v) is 3.86. The van der Waals surface area contributed by atoms with Crippen LogP contribution in [0.2, 0.25) is 0 Å². The second-order valence-corrected chi connectivity index (χ2v) is 9.47. The number of rotatable bonds is 2. The zero-order chi connectivity index (χ0) is 16.2. The normalized spacial score (nSPS) is 24.9. The Morgan fingerprint density at radius 2 is 1.77 bits per heavy atom. The van der Waals surface area contributed by atoms with E-state index < -0.39 is 33.9 Å². The first-order valence-electron chi connectivity index (χ1n) is 7.50. The van der Waals surface area contributed by atoms with Crippen LogP contribution in [0.3, 0.4) is 0 Å². The summed E-state index contributed by atoms with van der Waals surface area (Å²) < 4.78 is 42.2. The van der Waals surface area contributed by atoms with Gasteiger partial charge in [-0.15, -0.1) is 0 Å². The summed E-state index contributed by atoms with van der Waals surface area (Å²) in [5.41, 5.74) is -0.165. The lowest BCUT2D eigenvalue weighted by Gasteiger charge is -2.32. The molecule has 0 N–H and O–H groups in total. The monoisotopic (exact) mass is 325 g/mol. The molecule has 1 aromatic rings. The van der Waals surface area contributed by atoms with E-state index in [9.17, 15) is 8.60 Å². The average Bonchev–Trinajstić information content (AvgIpc) is 2.59. The van der Waals surface area contributed by atoms with Crippen molar-refractivity contribution in [1.29, 1.82) is 0 Å². The molecular weight excluding hydrogens is 304 g/mol. The molecule has 0 aromatic heterocycles. The number of nitrogens with zero attached hydrogens (tertiary/aromatic N) is 1. The quantitative estimate of drug-likeness (QED) is 0.786. The third-order valence-electron chi connectivity index (χ3n) is 4.69. The van der Waals surface area contributed by atoms with E-state index in [-0.39, 0.29) is 5.69 Å². The van der Waals surface area contributed by atoms with Gasteiger partial charge in [-0.2, -0.15) is 4.36 Å². The third kappa shape index (κ3) is 2.70. The zero-order valence-electron chi connectivity index (χ0n) is 13.4. The molecule has 2 saturated heterocycles. The Labute approximate surface area is 131 Å². The molecule has 120 valence electrons. The second-order valence-electron chi connectivity index (χ2n) is 6.92. The summed E-state index contributed by atoms with van der Waals surface area (Å²) in [7, 11) is -2.82. The van der Waals surface area contributed by atoms with E-state index in [0.717, 1.165) is 6.42 Å². The molecule has 1 aromatic carbocycles. The predicted octanol–water partition coefficient (Wildman–Crippen LogP) is 2.63. The SMILES string of the molecule is CC1(C)OB(c2ccc(N=S3(=O)CCC3)c(F)c2)OC1(C)C. The summed E-state index contributed by atoms with van der Waals surface area (Å²) in [5, 5.41) is 0. The highest BCUT2D eigenvalue weighted by atomic mass is 32.2. The fourth-order valence-electron chi connectivity index (χ4n) is 2.38. The molecule has 0 radical (unpaired) electrons. The van der Waals surface area contributed by atoms with Crippen molar-refractivity contribution in [3.63, 3.8) is 0 Å². The topological polar surface area (TPSA) is 47.9 Å². The van der Waals surface area contributed by atoms with Crippen LogP contribution < -0.4 is 5.46 Å². The molecule has 4 nitrogen and oxygen atoms in total. The van der Waals surface area contributed by atoms with Gasteiger partial charge in [-0.1, -0.05) is 6.07 Å². The molecule has 0 saturated carbocycles. The lowest BCUT2D eigenvalue weighted by atomic mass is 9.79. The van der Waals surface area contributed by atoms with E-state index >= 15 is 0 Å². The minimum Gasteiger partial charge on any atom is -0.399 e. The largest absolute Gasteiger partial charge is 0.494 e. The molecule has 2 heterocycles. The van der Waals surface area contributed by atoms with Crippen LogP contribution in [-0.4, -0.2) is 34.0 Å². The van der Waals surface area contributed by atoms with E-state index in [4.69, 9.17) is 9.31 Å². The van der Waals surface area contributed by atoms with Gasteiger partial charge in [0.15, 0.2) is 0 Å². The van der Waals surface area contributed by atoms with Crippen LogP contribution in [0, 0.1) is 5.82 Å². The summed E-state index contributed by atoms with van der Waals surface area (Å²) in [6, 6.07) is 4.65. The molecule has 2 aliphatic rings. The van der Waals surface area contributed by atoms with Gasteiger partial charge >= 0.3 is 7.12 Å². The van der Waals surface area contributed by atoms with Gasteiger partial charge in [-0.05, 0) is 51.7 Å². The van der Waals surface area contributed by atoms with Gasteiger partial charge in [0.05, 0.1) is 20.9 Å². The van der Waals surface area contributed by atoms with E-state index in [1.807, 2.05) is 27.7 Å². The zero-order valence-corrected chi connectivity index (χ0v) is 14.2. The Hall–Kier alpha value is -0.915. The predicted molar refractivity (Wildman–Crippen MR) is 86.7 cm³/mol. The minimum atomic E-state index is -2.21.